The second kappa shape index (κ2) is 10.3. The summed E-state index contributed by atoms with van der Waals surface area (Å²) in [5, 5.41) is 40.1. The number of hydrogen-bond donors (Lipinski definition) is 4. The second-order valence-electron chi connectivity index (χ2n) is 15.2. The van der Waals surface area contributed by atoms with Crippen molar-refractivity contribution in [2.75, 3.05) is 0 Å². The molecule has 2 aliphatic rings. The van der Waals surface area contributed by atoms with Crippen LogP contribution in [0.25, 0.3) is 0 Å². The molecule has 0 radical (unpaired) electrons. The van der Waals surface area contributed by atoms with Gasteiger partial charge < -0.3 is 20.4 Å². The van der Waals surface area contributed by atoms with Crippen molar-refractivity contribution in [2.45, 2.75) is 104 Å². The molecule has 44 heavy (non-hydrogen) atoms. The van der Waals surface area contributed by atoms with Gasteiger partial charge in [0.15, 0.2) is 0 Å². The SMILES string of the molecule is Cc1cc(C(C)(C)c2ccc(O)c(C)c2)ccc1O.Cc1cc2c(cc1O)C1(CC2(C)C)CC(C)(C)c2cc(C)c(O)cc21. The topological polar surface area (TPSA) is 80.9 Å². The molecule has 0 bridgehead atoms. The van der Waals surface area contributed by atoms with E-state index in [9.17, 15) is 20.4 Å². The normalized spacial score (nSPS) is 17.1. The molecule has 4 nitrogen and oxygen atoms in total. The second-order valence-corrected chi connectivity index (χ2v) is 15.2. The van der Waals surface area contributed by atoms with Gasteiger partial charge in [0.2, 0.25) is 0 Å². The van der Waals surface area contributed by atoms with Gasteiger partial charge in [-0.25, -0.2) is 0 Å². The van der Waals surface area contributed by atoms with Gasteiger partial charge >= 0.3 is 0 Å². The summed E-state index contributed by atoms with van der Waals surface area (Å²) in [7, 11) is 0. The lowest BCUT2D eigenvalue weighted by Gasteiger charge is -2.30. The summed E-state index contributed by atoms with van der Waals surface area (Å²) in [4.78, 5) is 0. The van der Waals surface area contributed by atoms with E-state index in [1.54, 1.807) is 12.1 Å². The average molecular weight is 593 g/mol. The lowest BCUT2D eigenvalue weighted by Crippen LogP contribution is -2.26. The van der Waals surface area contributed by atoms with Gasteiger partial charge in [-0.3, -0.25) is 0 Å². The van der Waals surface area contributed by atoms with E-state index < -0.39 is 0 Å². The van der Waals surface area contributed by atoms with Gasteiger partial charge in [-0.15, -0.1) is 0 Å². The van der Waals surface area contributed by atoms with Crippen molar-refractivity contribution in [1.82, 2.24) is 0 Å². The van der Waals surface area contributed by atoms with Crippen molar-refractivity contribution in [1.29, 1.82) is 0 Å². The highest BCUT2D eigenvalue weighted by atomic mass is 16.3. The molecule has 4 aromatic rings. The third kappa shape index (κ3) is 5.02. The monoisotopic (exact) mass is 592 g/mol. The van der Waals surface area contributed by atoms with Crippen LogP contribution in [0.1, 0.15) is 110 Å². The zero-order valence-corrected chi connectivity index (χ0v) is 28.0. The molecule has 0 amide bonds. The molecule has 2 aliphatic carbocycles. The van der Waals surface area contributed by atoms with Gasteiger partial charge in [0.25, 0.3) is 0 Å². The van der Waals surface area contributed by atoms with Gasteiger partial charge in [-0.2, -0.15) is 0 Å². The molecule has 0 saturated heterocycles. The Morgan fingerprint density at radius 3 is 1.16 bits per heavy atom. The summed E-state index contributed by atoms with van der Waals surface area (Å²) in [6, 6.07) is 19.7. The summed E-state index contributed by atoms with van der Waals surface area (Å²) in [5.74, 6) is 1.39. The van der Waals surface area contributed by atoms with Crippen molar-refractivity contribution in [3.8, 4) is 23.0 Å². The van der Waals surface area contributed by atoms with E-state index in [0.717, 1.165) is 46.2 Å². The standard InChI is InChI=1S/C23H28O2.C17H20O2/c1-13-7-15-17(9-19(13)24)23(11-21(15,3)4)12-22(5,6)16-8-14(2)20(25)10-18(16)23;1-11-9-13(5-7-15(11)18)17(3,4)14-6-8-16(19)12(2)10-14/h7-10,24-25H,11-12H2,1-6H3;5-10,18-19H,1-4H3. The van der Waals surface area contributed by atoms with Crippen LogP contribution in [0.4, 0.5) is 0 Å². The fraction of sp³-hybridized carbons (Fsp3) is 0.400. The molecule has 0 aromatic heterocycles. The first-order valence-corrected chi connectivity index (χ1v) is 15.6. The quantitative estimate of drug-likeness (QED) is 0.187. The van der Waals surface area contributed by atoms with E-state index in [1.807, 2.05) is 64.1 Å². The zero-order valence-electron chi connectivity index (χ0n) is 28.0. The van der Waals surface area contributed by atoms with Crippen molar-refractivity contribution < 1.29 is 20.4 Å². The molecule has 0 unspecified atom stereocenters. The molecule has 0 heterocycles. The number of phenols is 4. The van der Waals surface area contributed by atoms with Crippen LogP contribution in [0, 0.1) is 27.7 Å². The predicted octanol–water partition coefficient (Wildman–Crippen LogP) is 9.40. The number of phenolic OH excluding ortho intramolecular Hbond substituents is 4. The molecule has 0 aliphatic heterocycles. The van der Waals surface area contributed by atoms with E-state index in [4.69, 9.17) is 0 Å². The fourth-order valence-electron chi connectivity index (χ4n) is 7.85. The number of aryl methyl sites for hydroxylation is 4. The highest BCUT2D eigenvalue weighted by Crippen LogP contribution is 2.63. The Kier molecular flexibility index (Phi) is 7.39. The van der Waals surface area contributed by atoms with Crippen molar-refractivity contribution >= 4 is 0 Å². The first kappa shape index (κ1) is 31.5. The van der Waals surface area contributed by atoms with E-state index in [-0.39, 0.29) is 21.7 Å². The van der Waals surface area contributed by atoms with Gasteiger partial charge in [-0.1, -0.05) is 77.9 Å². The molecular formula is C40H48O4. The molecule has 4 heteroatoms. The minimum Gasteiger partial charge on any atom is -0.508 e. The minimum absolute atomic E-state index is 0.0476. The van der Waals surface area contributed by atoms with E-state index in [2.05, 4.69) is 53.7 Å². The minimum atomic E-state index is -0.170. The van der Waals surface area contributed by atoms with Crippen molar-refractivity contribution in [3.63, 3.8) is 0 Å². The summed E-state index contributed by atoms with van der Waals surface area (Å²) in [6.45, 7) is 21.2. The number of hydrogen-bond acceptors (Lipinski definition) is 4. The van der Waals surface area contributed by atoms with Gasteiger partial charge in [0.1, 0.15) is 23.0 Å². The number of fused-ring (bicyclic) bond motifs is 4. The lowest BCUT2D eigenvalue weighted by molar-refractivity contribution is 0.348. The number of benzene rings is 4. The molecule has 0 atom stereocenters. The largest absolute Gasteiger partial charge is 0.508 e. The van der Waals surface area contributed by atoms with E-state index in [1.165, 1.54) is 22.3 Å². The molecule has 4 N–H and O–H groups in total. The van der Waals surface area contributed by atoms with Crippen LogP contribution < -0.4 is 0 Å². The summed E-state index contributed by atoms with van der Waals surface area (Å²) < 4.78 is 0. The first-order chi connectivity index (χ1) is 20.3. The summed E-state index contributed by atoms with van der Waals surface area (Å²) in [6.07, 6.45) is 2.02. The maximum atomic E-state index is 10.4. The van der Waals surface area contributed by atoms with Gasteiger partial charge in [0, 0.05) is 10.8 Å². The highest BCUT2D eigenvalue weighted by Gasteiger charge is 2.56. The summed E-state index contributed by atoms with van der Waals surface area (Å²) in [5.41, 5.74) is 10.9. The number of rotatable bonds is 2. The Balaban J connectivity index is 0.000000182. The Bertz CT molecular complexity index is 1640. The van der Waals surface area contributed by atoms with Crippen molar-refractivity contribution in [2.24, 2.45) is 0 Å². The molecule has 232 valence electrons. The van der Waals surface area contributed by atoms with Crippen LogP contribution in [0.2, 0.25) is 0 Å². The third-order valence-electron chi connectivity index (χ3n) is 10.5. The van der Waals surface area contributed by atoms with Crippen LogP contribution in [0.5, 0.6) is 23.0 Å². The average Bonchev–Trinajstić information content (AvgIpc) is 3.27. The Morgan fingerprint density at radius 2 is 0.818 bits per heavy atom. The molecular weight excluding hydrogens is 544 g/mol. The molecule has 0 fully saturated rings. The zero-order chi connectivity index (χ0) is 32.6. The highest BCUT2D eigenvalue weighted by molar-refractivity contribution is 5.63. The smallest absolute Gasteiger partial charge is 0.118 e. The molecule has 0 saturated carbocycles. The Hall–Kier alpha value is -3.92. The van der Waals surface area contributed by atoms with Gasteiger partial charge in [0.05, 0.1) is 0 Å². The Labute approximate surface area is 263 Å². The van der Waals surface area contributed by atoms with E-state index in [0.29, 0.717) is 23.0 Å². The maximum absolute atomic E-state index is 10.4. The van der Waals surface area contributed by atoms with Crippen LogP contribution >= 0.6 is 0 Å². The third-order valence-corrected chi connectivity index (χ3v) is 10.5. The predicted molar refractivity (Wildman–Crippen MR) is 180 cm³/mol. The molecule has 4 aromatic carbocycles. The van der Waals surface area contributed by atoms with Crippen molar-refractivity contribution in [3.05, 3.63) is 116 Å². The van der Waals surface area contributed by atoms with Crippen LogP contribution in [0.3, 0.4) is 0 Å². The molecule has 6 rings (SSSR count). The fourth-order valence-corrected chi connectivity index (χ4v) is 7.85. The Morgan fingerprint density at radius 1 is 0.477 bits per heavy atom. The van der Waals surface area contributed by atoms with Crippen LogP contribution in [0.15, 0.2) is 60.7 Å². The number of aromatic hydroxyl groups is 4. The molecule has 1 spiro atoms. The van der Waals surface area contributed by atoms with E-state index >= 15 is 0 Å². The van der Waals surface area contributed by atoms with Crippen LogP contribution in [-0.4, -0.2) is 20.4 Å². The first-order valence-electron chi connectivity index (χ1n) is 15.6. The van der Waals surface area contributed by atoms with Gasteiger partial charge in [-0.05, 0) is 131 Å². The van der Waals surface area contributed by atoms with Crippen LogP contribution in [-0.2, 0) is 21.7 Å². The lowest BCUT2D eigenvalue weighted by atomic mass is 9.72. The maximum Gasteiger partial charge on any atom is 0.118 e. The summed E-state index contributed by atoms with van der Waals surface area (Å²) >= 11 is 0.